The molecular weight excluding hydrogens is 1130 g/mol. The molecule has 5 aliphatic rings. The third kappa shape index (κ3) is 19.7. The van der Waals surface area contributed by atoms with E-state index in [4.69, 9.17) is 33.2 Å². The van der Waals surface area contributed by atoms with Crippen molar-refractivity contribution in [1.29, 1.82) is 0 Å². The van der Waals surface area contributed by atoms with Crippen LogP contribution < -0.4 is 4.90 Å². The number of hydrogen-bond acceptors (Lipinski definition) is 19. The number of amides is 2. The lowest BCUT2D eigenvalue weighted by Gasteiger charge is -2.42. The fourth-order valence-electron chi connectivity index (χ4n) is 13.0. The van der Waals surface area contributed by atoms with Gasteiger partial charge in [-0.1, -0.05) is 71.1 Å². The van der Waals surface area contributed by atoms with Gasteiger partial charge in [-0.05, 0) is 126 Å². The molecule has 4 aliphatic heterocycles. The van der Waals surface area contributed by atoms with E-state index in [0.29, 0.717) is 128 Å². The first-order chi connectivity index (χ1) is 42.0. The smallest absolute Gasteiger partial charge is 0.329 e. The minimum atomic E-state index is -2.47. The summed E-state index contributed by atoms with van der Waals surface area (Å²) in [6.07, 6.45) is 14.6. The normalized spacial score (nSPS) is 33.9. The zero-order valence-corrected chi connectivity index (χ0v) is 54.1. The molecule has 1 aromatic heterocycles. The number of piperidine rings is 1. The monoisotopic (exact) mass is 1230 g/mol. The molecule has 21 heteroatoms. The number of ketones is 3. The second-order valence-corrected chi connectivity index (χ2v) is 25.3. The molecule has 490 valence electrons. The van der Waals surface area contributed by atoms with Crippen LogP contribution in [0.25, 0.3) is 0 Å². The highest BCUT2D eigenvalue weighted by molar-refractivity contribution is 6.39. The first-order valence-electron chi connectivity index (χ1n) is 32.1. The number of hydrogen-bond donors (Lipinski definition) is 2. The van der Waals surface area contributed by atoms with Gasteiger partial charge in [0.05, 0.1) is 31.3 Å². The highest BCUT2D eigenvalue weighted by atomic mass is 16.6. The van der Waals surface area contributed by atoms with Crippen molar-refractivity contribution < 1.29 is 76.9 Å². The second-order valence-electron chi connectivity index (χ2n) is 25.3. The number of esters is 2. The number of Topliss-reactive ketones (excluding diaryl/α,β-unsaturated/α-hetero) is 3. The highest BCUT2D eigenvalue weighted by Crippen LogP contribution is 2.38. The summed E-state index contributed by atoms with van der Waals surface area (Å²) in [5.41, 5.74) is 2.00. The molecule has 1 saturated carbocycles. The molecule has 88 heavy (non-hydrogen) atoms. The second kappa shape index (κ2) is 34.6. The van der Waals surface area contributed by atoms with Crippen LogP contribution in [-0.2, 0) is 73.1 Å². The Morgan fingerprint density at radius 3 is 2.23 bits per heavy atom. The van der Waals surface area contributed by atoms with E-state index in [9.17, 15) is 43.8 Å². The maximum absolute atomic E-state index is 14.7. The Labute approximate surface area is 521 Å². The summed E-state index contributed by atoms with van der Waals surface area (Å²) in [5, 5.41) is 23.7. The van der Waals surface area contributed by atoms with Crippen LogP contribution >= 0.6 is 0 Å². The number of ether oxygens (including phenoxy) is 7. The van der Waals surface area contributed by atoms with Crippen LogP contribution in [0, 0.1) is 35.5 Å². The van der Waals surface area contributed by atoms with Crippen LogP contribution in [0.2, 0.25) is 0 Å². The molecular formula is C67H101N5O16. The minimum Gasteiger partial charge on any atom is -0.460 e. The topological polar surface area (TPSA) is 260 Å². The fourth-order valence-corrected chi connectivity index (χ4v) is 13.0. The van der Waals surface area contributed by atoms with Crippen molar-refractivity contribution in [2.24, 2.45) is 35.5 Å². The summed E-state index contributed by atoms with van der Waals surface area (Å²) < 4.78 is 41.4. The van der Waals surface area contributed by atoms with E-state index >= 15 is 0 Å². The summed E-state index contributed by atoms with van der Waals surface area (Å²) in [7, 11) is 4.52. The molecule has 2 N–H and O–H groups in total. The van der Waals surface area contributed by atoms with E-state index < -0.39 is 95.9 Å². The van der Waals surface area contributed by atoms with Crippen molar-refractivity contribution in [2.75, 3.05) is 72.2 Å². The van der Waals surface area contributed by atoms with Crippen LogP contribution in [0.5, 0.6) is 0 Å². The lowest BCUT2D eigenvalue weighted by atomic mass is 9.78. The maximum atomic E-state index is 14.7. The third-order valence-corrected chi connectivity index (χ3v) is 18.6. The number of carbonyl (C=O) groups is 7. The highest BCUT2D eigenvalue weighted by Gasteiger charge is 2.53. The number of aliphatic hydroxyl groups excluding tert-OH is 1. The number of piperazine rings is 1. The lowest BCUT2D eigenvalue weighted by molar-refractivity contribution is -0.265. The van der Waals surface area contributed by atoms with Gasteiger partial charge in [0.25, 0.3) is 11.7 Å². The van der Waals surface area contributed by atoms with E-state index in [1.54, 1.807) is 53.5 Å². The van der Waals surface area contributed by atoms with Crippen LogP contribution in [0.3, 0.4) is 0 Å². The van der Waals surface area contributed by atoms with Gasteiger partial charge in [-0.3, -0.25) is 28.8 Å². The summed E-state index contributed by atoms with van der Waals surface area (Å²) in [5.74, 6) is -8.25. The predicted molar refractivity (Wildman–Crippen MR) is 329 cm³/mol. The van der Waals surface area contributed by atoms with E-state index in [2.05, 4.69) is 9.97 Å². The van der Waals surface area contributed by atoms with Crippen molar-refractivity contribution in [3.63, 3.8) is 0 Å². The van der Waals surface area contributed by atoms with Crippen molar-refractivity contribution in [2.45, 2.75) is 206 Å². The first-order valence-corrected chi connectivity index (χ1v) is 32.1. The Kier molecular flexibility index (Phi) is 28.1. The Morgan fingerprint density at radius 1 is 0.818 bits per heavy atom. The Balaban J connectivity index is 1.16. The van der Waals surface area contributed by atoms with E-state index in [1.807, 2.05) is 74.8 Å². The van der Waals surface area contributed by atoms with Crippen molar-refractivity contribution in [3.8, 4) is 0 Å². The Morgan fingerprint density at radius 2 is 1.55 bits per heavy atom. The fraction of sp³-hybridized carbons (Fsp3) is 0.716. The molecule has 0 spiro atoms. The number of aryl methyl sites for hydroxylation is 1. The predicted octanol–water partition coefficient (Wildman–Crippen LogP) is 7.23. The average molecular weight is 1230 g/mol. The number of methoxy groups -OCH3 is 3. The molecule has 21 nitrogen and oxygen atoms in total. The van der Waals surface area contributed by atoms with Crippen LogP contribution in [0.4, 0.5) is 5.95 Å². The number of allylic oxidation sites excluding steroid dienone is 6. The molecule has 1 aliphatic carbocycles. The average Bonchev–Trinajstić information content (AvgIpc) is 1.16. The molecule has 3 saturated heterocycles. The molecule has 6 rings (SSSR count). The minimum absolute atomic E-state index is 0.000775. The number of nitrogens with zero attached hydrogens (tertiary/aromatic N) is 5. The lowest BCUT2D eigenvalue weighted by Crippen LogP contribution is -2.61. The maximum Gasteiger partial charge on any atom is 0.329 e. The van der Waals surface area contributed by atoms with Gasteiger partial charge in [-0.2, -0.15) is 0 Å². The quantitative estimate of drug-likeness (QED) is 0.0759. The number of carbonyl (C=O) groups excluding carboxylic acids is 7. The van der Waals surface area contributed by atoms with E-state index in [-0.39, 0.29) is 61.1 Å². The van der Waals surface area contributed by atoms with E-state index in [0.717, 1.165) is 11.1 Å². The van der Waals surface area contributed by atoms with Gasteiger partial charge in [0.15, 0.2) is 5.78 Å². The van der Waals surface area contributed by atoms with Crippen molar-refractivity contribution in [1.82, 2.24) is 19.8 Å². The zero-order chi connectivity index (χ0) is 64.2. The number of aliphatic hydroxyl groups is 2. The molecule has 2 bridgehead atoms. The summed E-state index contributed by atoms with van der Waals surface area (Å²) in [6.45, 7) is 17.9. The summed E-state index contributed by atoms with van der Waals surface area (Å²) in [6, 6.07) is -1.20. The first kappa shape index (κ1) is 71.5. The van der Waals surface area contributed by atoms with Gasteiger partial charge in [-0.15, -0.1) is 0 Å². The van der Waals surface area contributed by atoms with Crippen LogP contribution in [-0.4, -0.2) is 193 Å². The van der Waals surface area contributed by atoms with Gasteiger partial charge in [0.2, 0.25) is 17.6 Å². The molecule has 2 amide bonds. The van der Waals surface area contributed by atoms with Crippen molar-refractivity contribution in [3.05, 3.63) is 65.6 Å². The molecule has 5 heterocycles. The van der Waals surface area contributed by atoms with Gasteiger partial charge in [0, 0.05) is 110 Å². The SMILES string of the molecule is CCOCCC(=O)N1CCN(c2ncc(CCC(=O)O[C@@H]3CC[C@@H](C[C@@H](C)[C@@H]4CC(=O)[C@H](C)/C=C(\C)[C@@H](O)[C@@H](OC)C(=O)C(C)C[C@H](C)/C=C/C=C/C=C(\C)[C@@H](OC)C[C@@H]5CC[C@@H](C)[C@@](O)(O5)C(=O)C(=O)N5CCCC[C@H]5C(=O)O4)C[C@H]3OC)cn2)CC1. The van der Waals surface area contributed by atoms with Crippen LogP contribution in [0.15, 0.2) is 60.0 Å². The van der Waals surface area contributed by atoms with Gasteiger partial charge in [-0.25, -0.2) is 14.8 Å². The molecule has 1 unspecified atom stereocenters. The Bertz CT molecular complexity index is 2620. The largest absolute Gasteiger partial charge is 0.460 e. The standard InChI is InChI=1S/C67H101N5O16/c1-12-85-33-27-58(74)70-29-31-71(32-30-70)66-68-40-50(41-69-66)23-26-59(75)86-54-25-22-49(37-57(54)83-10)36-45(5)56-39-53(73)44(4)35-47(7)61(77)62(84-11)60(76)46(6)34-42(2)18-14-13-15-19-43(3)55(82-9)38-51-24-21-48(8)67(81,88-51)63(78)64(79)72-28-17-16-20-52(72)65(80)87-56/h13-15,18-19,35,40-42,44-46,48-49,51-52,54-57,61-62,77,81H,12,16-17,20-34,36-39H2,1-11H3/b15-13+,18-14+,43-19+,47-35+/t42-,44-,45-,46?,48-,49+,51+,52+,54-,55+,56+,57-,61-,62+,67-/m1/s1. The molecule has 15 atom stereocenters. The summed E-state index contributed by atoms with van der Waals surface area (Å²) >= 11 is 0. The molecule has 0 aromatic carbocycles. The molecule has 0 radical (unpaired) electrons. The van der Waals surface area contributed by atoms with Crippen LogP contribution in [0.1, 0.15) is 151 Å². The number of cyclic esters (lactones) is 1. The number of aromatic nitrogens is 2. The van der Waals surface area contributed by atoms with Gasteiger partial charge >= 0.3 is 11.9 Å². The number of fused-ring (bicyclic) bond motifs is 3. The zero-order valence-electron chi connectivity index (χ0n) is 54.1. The number of rotatable bonds is 15. The number of anilines is 1. The third-order valence-electron chi connectivity index (χ3n) is 18.6. The van der Waals surface area contributed by atoms with Crippen molar-refractivity contribution >= 4 is 47.1 Å². The van der Waals surface area contributed by atoms with E-state index in [1.165, 1.54) is 12.0 Å². The van der Waals surface area contributed by atoms with Gasteiger partial charge < -0.3 is 58.1 Å². The molecule has 1 aromatic rings. The Hall–Kier alpha value is -5.55. The summed E-state index contributed by atoms with van der Waals surface area (Å²) in [4.78, 5) is 112. The molecule has 4 fully saturated rings. The van der Waals surface area contributed by atoms with Gasteiger partial charge in [0.1, 0.15) is 36.2 Å².